The summed E-state index contributed by atoms with van der Waals surface area (Å²) in [4.78, 5) is 20.3. The minimum Gasteiger partial charge on any atom is -0.477 e. The molecular weight excluding hydrogens is 275 g/mol. The van der Waals surface area contributed by atoms with Crippen molar-refractivity contribution in [2.45, 2.75) is 19.5 Å². The fraction of sp³-hybridized carbons (Fsp3) is 0.417. The average molecular weight is 287 g/mol. The van der Waals surface area contributed by atoms with Crippen molar-refractivity contribution in [1.29, 1.82) is 0 Å². The Hall–Kier alpha value is -2.12. The van der Waals surface area contributed by atoms with Crippen molar-refractivity contribution in [1.82, 2.24) is 9.97 Å². The molecule has 0 saturated carbocycles. The lowest BCUT2D eigenvalue weighted by Gasteiger charge is -2.27. The van der Waals surface area contributed by atoms with E-state index in [2.05, 4.69) is 9.97 Å². The highest BCUT2D eigenvalue weighted by atomic mass is 19.4. The molecule has 0 aliphatic carbocycles. The monoisotopic (exact) mass is 287 g/mol. The van der Waals surface area contributed by atoms with E-state index in [1.807, 2.05) is 0 Å². The molecular formula is C12H12F3N3O2. The molecule has 0 radical (unpaired) electrons. The maximum Gasteiger partial charge on any atom is 0.412 e. The number of carbonyl (C=O) groups is 1. The maximum absolute atomic E-state index is 12.5. The average Bonchev–Trinajstić information content (AvgIpc) is 2.37. The van der Waals surface area contributed by atoms with Crippen LogP contribution < -0.4 is 4.90 Å². The quantitative estimate of drug-likeness (QED) is 0.844. The van der Waals surface area contributed by atoms with Crippen molar-refractivity contribution >= 4 is 11.9 Å². The molecule has 0 unspecified atom stereocenters. The lowest BCUT2D eigenvalue weighted by molar-refractivity contribution is -0.0944. The second-order valence-electron chi connectivity index (χ2n) is 4.42. The first kappa shape index (κ1) is 14.3. The smallest absolute Gasteiger partial charge is 0.412 e. The summed E-state index contributed by atoms with van der Waals surface area (Å²) in [5.74, 6) is -1.06. The number of aryl methyl sites for hydroxylation is 1. The van der Waals surface area contributed by atoms with E-state index < -0.39 is 17.7 Å². The third-order valence-corrected chi connectivity index (χ3v) is 2.92. The summed E-state index contributed by atoms with van der Waals surface area (Å²) >= 11 is 0. The van der Waals surface area contributed by atoms with Crippen molar-refractivity contribution in [3.63, 3.8) is 0 Å². The molecule has 0 amide bonds. The van der Waals surface area contributed by atoms with Gasteiger partial charge in [-0.2, -0.15) is 13.2 Å². The van der Waals surface area contributed by atoms with Crippen molar-refractivity contribution in [3.8, 4) is 0 Å². The Morgan fingerprint density at radius 3 is 2.60 bits per heavy atom. The van der Waals surface area contributed by atoms with E-state index in [9.17, 15) is 18.0 Å². The van der Waals surface area contributed by atoms with Crippen LogP contribution in [0.5, 0.6) is 0 Å². The van der Waals surface area contributed by atoms with Gasteiger partial charge in [0.2, 0.25) is 5.95 Å². The molecule has 1 aliphatic heterocycles. The zero-order valence-corrected chi connectivity index (χ0v) is 10.6. The molecule has 2 rings (SSSR count). The number of rotatable bonds is 2. The molecule has 1 N–H and O–H groups in total. The number of aromatic carboxylic acids is 1. The van der Waals surface area contributed by atoms with Gasteiger partial charge >= 0.3 is 12.1 Å². The molecule has 0 atom stereocenters. The van der Waals surface area contributed by atoms with Gasteiger partial charge in [0, 0.05) is 24.4 Å². The maximum atomic E-state index is 12.5. The SMILES string of the molecule is Cc1cc(C(=O)O)nc(N2CC=C(C(F)(F)F)CC2)n1. The molecule has 20 heavy (non-hydrogen) atoms. The molecule has 0 spiro atoms. The number of hydrogen-bond donors (Lipinski definition) is 1. The van der Waals surface area contributed by atoms with Gasteiger partial charge in [-0.05, 0) is 19.4 Å². The molecule has 5 nitrogen and oxygen atoms in total. The number of carboxylic acids is 1. The van der Waals surface area contributed by atoms with E-state index in [0.717, 1.165) is 6.08 Å². The van der Waals surface area contributed by atoms with Gasteiger partial charge in [-0.25, -0.2) is 14.8 Å². The Morgan fingerprint density at radius 2 is 2.10 bits per heavy atom. The zero-order valence-electron chi connectivity index (χ0n) is 10.6. The van der Waals surface area contributed by atoms with Gasteiger partial charge in [-0.3, -0.25) is 0 Å². The molecule has 108 valence electrons. The van der Waals surface area contributed by atoms with Crippen molar-refractivity contribution < 1.29 is 23.1 Å². The van der Waals surface area contributed by atoms with Gasteiger partial charge < -0.3 is 10.0 Å². The fourth-order valence-electron chi connectivity index (χ4n) is 1.91. The fourth-order valence-corrected chi connectivity index (χ4v) is 1.91. The second kappa shape index (κ2) is 5.10. The van der Waals surface area contributed by atoms with Crippen LogP contribution >= 0.6 is 0 Å². The standard InChI is InChI=1S/C12H12F3N3O2/c1-7-6-9(10(19)20)17-11(16-7)18-4-2-8(3-5-18)12(13,14)15/h2,6H,3-5H2,1H3,(H,19,20). The van der Waals surface area contributed by atoms with Crippen molar-refractivity contribution in [2.24, 2.45) is 0 Å². The van der Waals surface area contributed by atoms with Crippen molar-refractivity contribution in [3.05, 3.63) is 29.1 Å². The number of aromatic nitrogens is 2. The van der Waals surface area contributed by atoms with E-state index in [1.165, 1.54) is 11.0 Å². The van der Waals surface area contributed by atoms with E-state index in [4.69, 9.17) is 5.11 Å². The Morgan fingerprint density at radius 1 is 1.40 bits per heavy atom. The topological polar surface area (TPSA) is 66.3 Å². The zero-order chi connectivity index (χ0) is 14.9. The second-order valence-corrected chi connectivity index (χ2v) is 4.42. The summed E-state index contributed by atoms with van der Waals surface area (Å²) in [6, 6.07) is 1.31. The number of alkyl halides is 3. The van der Waals surface area contributed by atoms with Crippen LogP contribution in [0.2, 0.25) is 0 Å². The van der Waals surface area contributed by atoms with Crippen molar-refractivity contribution in [2.75, 3.05) is 18.0 Å². The van der Waals surface area contributed by atoms with E-state index in [1.54, 1.807) is 6.92 Å². The van der Waals surface area contributed by atoms with Gasteiger partial charge in [0.05, 0.1) is 0 Å². The number of nitrogens with zero attached hydrogens (tertiary/aromatic N) is 3. The lowest BCUT2D eigenvalue weighted by Crippen LogP contribution is -2.33. The summed E-state index contributed by atoms with van der Waals surface area (Å²) in [5.41, 5.74) is -0.282. The molecule has 0 bridgehead atoms. The Kier molecular flexibility index (Phi) is 3.65. The van der Waals surface area contributed by atoms with Crippen LogP contribution in [-0.2, 0) is 0 Å². The van der Waals surface area contributed by atoms with Crippen LogP contribution in [0.4, 0.5) is 19.1 Å². The third-order valence-electron chi connectivity index (χ3n) is 2.92. The van der Waals surface area contributed by atoms with Crippen LogP contribution in [0.3, 0.4) is 0 Å². The Bertz CT molecular complexity index is 570. The van der Waals surface area contributed by atoms with Gasteiger partial charge in [0.15, 0.2) is 5.69 Å². The summed E-state index contributed by atoms with van der Waals surface area (Å²) in [6.45, 7) is 1.73. The molecule has 1 aliphatic rings. The lowest BCUT2D eigenvalue weighted by atomic mass is 10.1. The Balaban J connectivity index is 2.23. The molecule has 0 fully saturated rings. The number of hydrogen-bond acceptors (Lipinski definition) is 4. The van der Waals surface area contributed by atoms with E-state index in [0.29, 0.717) is 5.69 Å². The summed E-state index contributed by atoms with van der Waals surface area (Å²) in [7, 11) is 0. The predicted octanol–water partition coefficient (Wildman–Crippen LogP) is 2.18. The molecule has 2 heterocycles. The normalized spacial score (nSPS) is 16.0. The van der Waals surface area contributed by atoms with Crippen LogP contribution in [0.1, 0.15) is 22.6 Å². The number of halogens is 3. The highest BCUT2D eigenvalue weighted by Gasteiger charge is 2.35. The van der Waals surface area contributed by atoms with E-state index >= 15 is 0 Å². The first-order chi connectivity index (χ1) is 9.27. The van der Waals surface area contributed by atoms with Gasteiger partial charge in [0.1, 0.15) is 0 Å². The predicted molar refractivity (Wildman–Crippen MR) is 64.7 cm³/mol. The largest absolute Gasteiger partial charge is 0.477 e. The highest BCUT2D eigenvalue weighted by molar-refractivity contribution is 5.85. The molecule has 8 heteroatoms. The van der Waals surface area contributed by atoms with Crippen LogP contribution in [0, 0.1) is 6.92 Å². The van der Waals surface area contributed by atoms with Crippen LogP contribution in [-0.4, -0.2) is 40.3 Å². The molecule has 1 aromatic rings. The molecule has 1 aromatic heterocycles. The number of anilines is 1. The summed E-state index contributed by atoms with van der Waals surface area (Å²) in [5, 5.41) is 8.91. The summed E-state index contributed by atoms with van der Waals surface area (Å²) < 4.78 is 37.5. The van der Waals surface area contributed by atoms with Gasteiger partial charge in [-0.1, -0.05) is 6.08 Å². The van der Waals surface area contributed by atoms with Crippen LogP contribution in [0.25, 0.3) is 0 Å². The summed E-state index contributed by atoms with van der Waals surface area (Å²) in [6.07, 6.45) is -3.40. The minimum absolute atomic E-state index is 0.0113. The first-order valence-corrected chi connectivity index (χ1v) is 5.87. The Labute approximate surface area is 112 Å². The van der Waals surface area contributed by atoms with Gasteiger partial charge in [0.25, 0.3) is 0 Å². The first-order valence-electron chi connectivity index (χ1n) is 5.87. The number of carboxylic acid groups (broad SMARTS) is 1. The minimum atomic E-state index is -4.31. The molecule has 0 saturated heterocycles. The highest BCUT2D eigenvalue weighted by Crippen LogP contribution is 2.30. The van der Waals surface area contributed by atoms with E-state index in [-0.39, 0.29) is 31.2 Å². The third kappa shape index (κ3) is 3.06. The van der Waals surface area contributed by atoms with Gasteiger partial charge in [-0.15, -0.1) is 0 Å². The molecule has 0 aromatic carbocycles. The van der Waals surface area contributed by atoms with Crippen LogP contribution in [0.15, 0.2) is 17.7 Å².